The molecule has 2 aromatic carbocycles. The number of hydrazone groups is 1. The summed E-state index contributed by atoms with van der Waals surface area (Å²) in [5.74, 6) is -0.381. The number of para-hydroxylation sites is 1. The minimum absolute atomic E-state index is 0.0469. The topological polar surface area (TPSA) is 168 Å². The molecule has 1 heterocycles. The second kappa shape index (κ2) is 10.5. The van der Waals surface area contributed by atoms with E-state index in [9.17, 15) is 20.0 Å². The molecule has 4 N–H and O–H groups in total. The molecule has 12 nitrogen and oxygen atoms in total. The van der Waals surface area contributed by atoms with Gasteiger partial charge in [0.1, 0.15) is 0 Å². The molecule has 0 aliphatic carbocycles. The van der Waals surface area contributed by atoms with Crippen molar-refractivity contribution in [1.29, 1.82) is 0 Å². The van der Waals surface area contributed by atoms with Crippen LogP contribution in [0.1, 0.15) is 5.56 Å². The van der Waals surface area contributed by atoms with E-state index in [1.54, 1.807) is 24.3 Å². The van der Waals surface area contributed by atoms with Crippen molar-refractivity contribution in [3.63, 3.8) is 0 Å². The maximum absolute atomic E-state index is 12.1. The molecule has 0 fully saturated rings. The summed E-state index contributed by atoms with van der Waals surface area (Å²) < 4.78 is 4.95. The zero-order valence-electron chi connectivity index (χ0n) is 16.4. The molecule has 0 radical (unpaired) electrons. The Morgan fingerprint density at radius 1 is 1.44 bits per heavy atom. The fraction of sp³-hybridized carbons (Fsp3) is 0.111. The Bertz CT molecular complexity index is 1170. The molecule has 3 aromatic rings. The molecule has 0 bridgehead atoms. The summed E-state index contributed by atoms with van der Waals surface area (Å²) in [6, 6.07) is 9.11. The molecular weight excluding hydrogens is 462 g/mol. The lowest BCUT2D eigenvalue weighted by Crippen LogP contribution is -2.14. The maximum atomic E-state index is 12.1. The molecular formula is C18H16ClN7O5S. The number of aromatic nitrogens is 3. The minimum Gasteiger partial charge on any atom is -0.504 e. The molecule has 0 atom stereocenters. The lowest BCUT2D eigenvalue weighted by Gasteiger charge is -2.05. The van der Waals surface area contributed by atoms with Crippen LogP contribution in [0.4, 0.5) is 17.3 Å². The smallest absolute Gasteiger partial charge is 0.282 e. The summed E-state index contributed by atoms with van der Waals surface area (Å²) in [6.45, 7) is 0. The van der Waals surface area contributed by atoms with E-state index in [4.69, 9.17) is 16.3 Å². The molecule has 32 heavy (non-hydrogen) atoms. The maximum Gasteiger partial charge on any atom is 0.282 e. The first-order chi connectivity index (χ1) is 15.4. The van der Waals surface area contributed by atoms with Gasteiger partial charge in [-0.25, -0.2) is 10.5 Å². The summed E-state index contributed by atoms with van der Waals surface area (Å²) in [5.41, 5.74) is 2.80. The molecule has 0 saturated heterocycles. The van der Waals surface area contributed by atoms with E-state index in [0.29, 0.717) is 10.7 Å². The van der Waals surface area contributed by atoms with Crippen LogP contribution in [0.25, 0.3) is 0 Å². The van der Waals surface area contributed by atoms with E-state index in [1.165, 1.54) is 19.4 Å². The number of rotatable bonds is 9. The number of methoxy groups -OCH3 is 1. The van der Waals surface area contributed by atoms with Gasteiger partial charge in [0, 0.05) is 0 Å². The number of hydrogen-bond donors (Lipinski definition) is 4. The second-order valence-electron chi connectivity index (χ2n) is 5.99. The Balaban J connectivity index is 1.58. The fourth-order valence-corrected chi connectivity index (χ4v) is 3.18. The monoisotopic (exact) mass is 477 g/mol. The van der Waals surface area contributed by atoms with Gasteiger partial charge in [0.2, 0.25) is 17.0 Å². The number of aromatic hydroxyl groups is 1. The normalized spacial score (nSPS) is 10.8. The first-order valence-corrected chi connectivity index (χ1v) is 10.2. The number of phenolic OH excluding ortho intramolecular Hbond substituents is 1. The number of hydrogen-bond acceptors (Lipinski definition) is 10. The van der Waals surface area contributed by atoms with Crippen molar-refractivity contribution in [2.45, 2.75) is 5.16 Å². The Morgan fingerprint density at radius 2 is 2.22 bits per heavy atom. The van der Waals surface area contributed by atoms with Crippen molar-refractivity contribution in [2.75, 3.05) is 23.6 Å². The first-order valence-electron chi connectivity index (χ1n) is 8.81. The second-order valence-corrected chi connectivity index (χ2v) is 7.34. The van der Waals surface area contributed by atoms with Crippen LogP contribution in [0.3, 0.4) is 0 Å². The Kier molecular flexibility index (Phi) is 7.46. The number of nitro benzene ring substituents is 1. The van der Waals surface area contributed by atoms with Crippen molar-refractivity contribution >= 4 is 52.8 Å². The number of anilines is 2. The van der Waals surface area contributed by atoms with Gasteiger partial charge in [-0.3, -0.25) is 14.9 Å². The van der Waals surface area contributed by atoms with Crippen molar-refractivity contribution in [2.24, 2.45) is 5.10 Å². The van der Waals surface area contributed by atoms with Crippen LogP contribution in [-0.2, 0) is 4.79 Å². The molecule has 166 valence electrons. The van der Waals surface area contributed by atoms with E-state index in [1.807, 2.05) is 0 Å². The van der Waals surface area contributed by atoms with Gasteiger partial charge in [-0.15, -0.1) is 5.10 Å². The SMILES string of the molecule is COc1cc(/C=N\Nc2nc(SCC(=O)Nc3ccccc3Cl)n[nH]2)c([N+](=O)[O-])cc1O. The van der Waals surface area contributed by atoms with E-state index < -0.39 is 4.92 Å². The zero-order valence-corrected chi connectivity index (χ0v) is 18.0. The van der Waals surface area contributed by atoms with Gasteiger partial charge in [-0.1, -0.05) is 35.5 Å². The number of phenols is 1. The third-order valence-electron chi connectivity index (χ3n) is 3.84. The van der Waals surface area contributed by atoms with Gasteiger partial charge in [0.25, 0.3) is 5.69 Å². The van der Waals surface area contributed by atoms with Crippen LogP contribution in [0.15, 0.2) is 46.7 Å². The average Bonchev–Trinajstić information content (AvgIpc) is 3.22. The summed E-state index contributed by atoms with van der Waals surface area (Å²) in [4.78, 5) is 26.7. The third-order valence-corrected chi connectivity index (χ3v) is 5.02. The van der Waals surface area contributed by atoms with Gasteiger partial charge in [0.15, 0.2) is 11.5 Å². The molecule has 0 unspecified atom stereocenters. The van der Waals surface area contributed by atoms with Crippen LogP contribution < -0.4 is 15.5 Å². The Morgan fingerprint density at radius 3 is 2.94 bits per heavy atom. The molecule has 0 aliphatic heterocycles. The van der Waals surface area contributed by atoms with E-state index in [0.717, 1.165) is 17.8 Å². The number of carbonyl (C=O) groups excluding carboxylic acids is 1. The highest BCUT2D eigenvalue weighted by atomic mass is 35.5. The van der Waals surface area contributed by atoms with Gasteiger partial charge in [0.05, 0.1) is 46.3 Å². The predicted octanol–water partition coefficient (Wildman–Crippen LogP) is 3.26. The highest BCUT2D eigenvalue weighted by Gasteiger charge is 2.17. The summed E-state index contributed by atoms with van der Waals surface area (Å²) >= 11 is 7.09. The number of ether oxygens (including phenoxy) is 1. The van der Waals surface area contributed by atoms with Crippen molar-refractivity contribution in [1.82, 2.24) is 15.2 Å². The molecule has 0 spiro atoms. The molecule has 3 rings (SSSR count). The van der Waals surface area contributed by atoms with Gasteiger partial charge in [-0.2, -0.15) is 10.1 Å². The van der Waals surface area contributed by atoms with Gasteiger partial charge < -0.3 is 15.2 Å². The largest absolute Gasteiger partial charge is 0.504 e. The summed E-state index contributed by atoms with van der Waals surface area (Å²) in [5, 5.41) is 34.7. The standard InChI is InChI=1S/C18H16ClN7O5S/c1-31-15-6-10(13(26(29)30)7-14(15)27)8-20-23-17-22-18(25-24-17)32-9-16(28)21-12-5-3-2-4-11(12)19/h2-8,27H,9H2,1H3,(H,21,28)(H2,22,23,24,25)/b20-8-. The lowest BCUT2D eigenvalue weighted by molar-refractivity contribution is -0.385. The number of nitrogens with zero attached hydrogens (tertiary/aromatic N) is 4. The van der Waals surface area contributed by atoms with Crippen molar-refractivity contribution in [3.05, 3.63) is 57.1 Å². The fourth-order valence-electron chi connectivity index (χ4n) is 2.40. The van der Waals surface area contributed by atoms with Gasteiger partial charge >= 0.3 is 0 Å². The highest BCUT2D eigenvalue weighted by Crippen LogP contribution is 2.32. The summed E-state index contributed by atoms with van der Waals surface area (Å²) in [7, 11) is 1.32. The number of halogens is 1. The van der Waals surface area contributed by atoms with Crippen LogP contribution in [0, 0.1) is 10.1 Å². The van der Waals surface area contributed by atoms with Gasteiger partial charge in [-0.05, 0) is 18.2 Å². The van der Waals surface area contributed by atoms with Crippen LogP contribution in [0.2, 0.25) is 5.02 Å². The van der Waals surface area contributed by atoms with Crippen molar-refractivity contribution < 1.29 is 19.6 Å². The molecule has 0 aliphatic rings. The van der Waals surface area contributed by atoms with E-state index >= 15 is 0 Å². The number of H-pyrrole nitrogens is 1. The molecule has 1 aromatic heterocycles. The Hall–Kier alpha value is -3.84. The quantitative estimate of drug-likeness (QED) is 0.156. The van der Waals surface area contributed by atoms with Crippen LogP contribution in [0.5, 0.6) is 11.5 Å². The predicted molar refractivity (Wildman–Crippen MR) is 120 cm³/mol. The lowest BCUT2D eigenvalue weighted by atomic mass is 10.1. The van der Waals surface area contributed by atoms with Crippen LogP contribution in [-0.4, -0.2) is 50.2 Å². The Labute approximate surface area is 190 Å². The number of aromatic amines is 1. The highest BCUT2D eigenvalue weighted by molar-refractivity contribution is 7.99. The number of thioether (sulfide) groups is 1. The number of benzene rings is 2. The molecule has 0 saturated carbocycles. The number of nitrogens with one attached hydrogen (secondary N) is 3. The number of nitro groups is 1. The third kappa shape index (κ3) is 5.86. The molecule has 14 heteroatoms. The van der Waals surface area contributed by atoms with E-state index in [2.05, 4.69) is 31.0 Å². The summed E-state index contributed by atoms with van der Waals surface area (Å²) in [6.07, 6.45) is 1.17. The minimum atomic E-state index is -0.655. The molecule has 1 amide bonds. The zero-order chi connectivity index (χ0) is 23.1. The first kappa shape index (κ1) is 22.8. The number of amides is 1. The van der Waals surface area contributed by atoms with Crippen LogP contribution >= 0.6 is 23.4 Å². The average molecular weight is 478 g/mol. The van der Waals surface area contributed by atoms with E-state index in [-0.39, 0.29) is 45.5 Å². The number of carbonyl (C=O) groups is 1. The van der Waals surface area contributed by atoms with Crippen molar-refractivity contribution in [3.8, 4) is 11.5 Å².